The van der Waals surface area contributed by atoms with Gasteiger partial charge in [0.2, 0.25) is 0 Å². The number of anilines is 3. The molecule has 0 saturated carbocycles. The summed E-state index contributed by atoms with van der Waals surface area (Å²) in [6.45, 7) is 5.62. The van der Waals surface area contributed by atoms with E-state index in [1.165, 1.54) is 10.6 Å². The van der Waals surface area contributed by atoms with Gasteiger partial charge in [-0.25, -0.2) is 13.6 Å². The largest absolute Gasteiger partial charge is 0.443 e. The average molecular weight is 504 g/mol. The number of halogens is 2. The summed E-state index contributed by atoms with van der Waals surface area (Å²) in [7, 11) is 0. The van der Waals surface area contributed by atoms with Gasteiger partial charge in [0.05, 0.1) is 32.1 Å². The second-order valence-electron chi connectivity index (χ2n) is 9.06. The molecule has 3 saturated heterocycles. The monoisotopic (exact) mass is 503 g/mol. The number of hydrogen-bond donors (Lipinski definition) is 1. The van der Waals surface area contributed by atoms with Gasteiger partial charge in [0.1, 0.15) is 11.8 Å². The number of carbonyl (C=O) groups is 1. The molecular formula is C25H31F2N5O4. The van der Waals surface area contributed by atoms with Crippen molar-refractivity contribution < 1.29 is 27.9 Å². The molecule has 36 heavy (non-hydrogen) atoms. The van der Waals surface area contributed by atoms with Crippen molar-refractivity contribution >= 4 is 23.2 Å². The number of morpholine rings is 1. The Hall–Kier alpha value is -2.99. The fraction of sp³-hybridized carbons (Fsp3) is 0.480. The van der Waals surface area contributed by atoms with Crippen LogP contribution in [0.25, 0.3) is 0 Å². The van der Waals surface area contributed by atoms with Crippen molar-refractivity contribution in [3.8, 4) is 0 Å². The van der Waals surface area contributed by atoms with Gasteiger partial charge in [-0.2, -0.15) is 5.06 Å². The molecule has 3 aliphatic rings. The molecule has 3 heterocycles. The van der Waals surface area contributed by atoms with Crippen molar-refractivity contribution in [2.45, 2.75) is 12.6 Å². The molecule has 0 aliphatic carbocycles. The summed E-state index contributed by atoms with van der Waals surface area (Å²) < 4.78 is 40.7. The van der Waals surface area contributed by atoms with Crippen molar-refractivity contribution in [3.05, 3.63) is 53.6 Å². The number of cyclic esters (lactones) is 1. The standard InChI is InChI=1S/C25H31F2N5O4/c26-22-13-20(32-17-21(15-28)36-25(32)33)14-23(27)24(22)30-5-6-31(35-12-9-30)16-18-1-3-19(4-2-18)29-7-10-34-11-8-29/h1-4,13-14,21H,5-12,15-17,28H2/t21-/m0/s1. The minimum atomic E-state index is -0.735. The van der Waals surface area contributed by atoms with Crippen molar-refractivity contribution in [1.82, 2.24) is 5.06 Å². The zero-order chi connectivity index (χ0) is 25.1. The molecular weight excluding hydrogens is 472 g/mol. The lowest BCUT2D eigenvalue weighted by Crippen LogP contribution is -2.36. The van der Waals surface area contributed by atoms with Crippen LogP contribution in [0.1, 0.15) is 5.56 Å². The molecule has 2 aromatic carbocycles. The van der Waals surface area contributed by atoms with Crippen LogP contribution in [-0.4, -0.2) is 82.9 Å². The molecule has 0 aromatic heterocycles. The predicted molar refractivity (Wildman–Crippen MR) is 131 cm³/mol. The summed E-state index contributed by atoms with van der Waals surface area (Å²) in [5.74, 6) is -1.47. The molecule has 9 nitrogen and oxygen atoms in total. The normalized spacial score (nSPS) is 21.6. The smallest absolute Gasteiger partial charge is 0.414 e. The lowest BCUT2D eigenvalue weighted by molar-refractivity contribution is -0.154. The van der Waals surface area contributed by atoms with Gasteiger partial charge in [-0.05, 0) is 17.7 Å². The second-order valence-corrected chi connectivity index (χ2v) is 9.06. The van der Waals surface area contributed by atoms with E-state index in [4.69, 9.17) is 20.0 Å². The van der Waals surface area contributed by atoms with Crippen LogP contribution in [0.2, 0.25) is 0 Å². The van der Waals surface area contributed by atoms with E-state index in [2.05, 4.69) is 29.2 Å². The maximum Gasteiger partial charge on any atom is 0.414 e. The average Bonchev–Trinajstić information content (AvgIpc) is 3.13. The first-order valence-corrected chi connectivity index (χ1v) is 12.2. The van der Waals surface area contributed by atoms with E-state index in [9.17, 15) is 4.79 Å². The fourth-order valence-electron chi connectivity index (χ4n) is 4.74. The van der Waals surface area contributed by atoms with Crippen LogP contribution in [0.5, 0.6) is 0 Å². The minimum Gasteiger partial charge on any atom is -0.443 e. The van der Waals surface area contributed by atoms with Crippen LogP contribution in [0.15, 0.2) is 36.4 Å². The molecule has 5 rings (SSSR count). The lowest BCUT2D eigenvalue weighted by Gasteiger charge is -2.29. The van der Waals surface area contributed by atoms with Gasteiger partial charge in [0.15, 0.2) is 11.6 Å². The molecule has 194 valence electrons. The van der Waals surface area contributed by atoms with E-state index in [0.29, 0.717) is 32.8 Å². The Morgan fingerprint density at radius 1 is 0.889 bits per heavy atom. The van der Waals surface area contributed by atoms with Crippen LogP contribution in [-0.2, 0) is 20.9 Å². The summed E-state index contributed by atoms with van der Waals surface area (Å²) in [4.78, 5) is 23.1. The molecule has 1 atom stereocenters. The quantitative estimate of drug-likeness (QED) is 0.643. The Balaban J connectivity index is 1.21. The van der Waals surface area contributed by atoms with Crippen LogP contribution >= 0.6 is 0 Å². The fourth-order valence-corrected chi connectivity index (χ4v) is 4.74. The molecule has 0 bridgehead atoms. The van der Waals surface area contributed by atoms with Gasteiger partial charge in [0.25, 0.3) is 0 Å². The number of carbonyl (C=O) groups excluding carboxylic acids is 1. The molecule has 1 amide bonds. The number of nitrogens with two attached hydrogens (primary N) is 1. The third-order valence-corrected chi connectivity index (χ3v) is 6.69. The molecule has 3 fully saturated rings. The van der Waals surface area contributed by atoms with E-state index in [1.54, 1.807) is 4.90 Å². The van der Waals surface area contributed by atoms with Gasteiger partial charge in [-0.1, -0.05) is 12.1 Å². The molecule has 2 aromatic rings. The SMILES string of the molecule is NC[C@H]1CN(c2cc(F)c(N3CCON(Cc4ccc(N5CCOCC5)cc4)CC3)c(F)c2)C(=O)O1. The topological polar surface area (TPSA) is 83.7 Å². The zero-order valence-corrected chi connectivity index (χ0v) is 20.1. The lowest BCUT2D eigenvalue weighted by atomic mass is 10.2. The molecule has 2 N–H and O–H groups in total. The van der Waals surface area contributed by atoms with E-state index >= 15 is 8.78 Å². The Labute approximate surface area is 208 Å². The summed E-state index contributed by atoms with van der Waals surface area (Å²) in [5, 5.41) is 1.82. The zero-order valence-electron chi connectivity index (χ0n) is 20.1. The van der Waals surface area contributed by atoms with Gasteiger partial charge < -0.3 is 25.0 Å². The van der Waals surface area contributed by atoms with Crippen LogP contribution < -0.4 is 20.4 Å². The Morgan fingerprint density at radius 2 is 1.58 bits per heavy atom. The number of hydroxylamine groups is 2. The number of rotatable bonds is 6. The first-order valence-electron chi connectivity index (χ1n) is 12.2. The molecule has 0 spiro atoms. The van der Waals surface area contributed by atoms with Crippen LogP contribution in [0.4, 0.5) is 30.6 Å². The Kier molecular flexibility index (Phi) is 7.51. The molecule has 0 radical (unpaired) electrons. The van der Waals surface area contributed by atoms with Gasteiger partial charge in [0, 0.05) is 63.6 Å². The number of benzene rings is 2. The Morgan fingerprint density at radius 3 is 2.25 bits per heavy atom. The van der Waals surface area contributed by atoms with Crippen LogP contribution in [0, 0.1) is 11.6 Å². The highest BCUT2D eigenvalue weighted by atomic mass is 19.1. The van der Waals surface area contributed by atoms with E-state index < -0.39 is 23.8 Å². The molecule has 11 heteroatoms. The van der Waals surface area contributed by atoms with Gasteiger partial charge >= 0.3 is 6.09 Å². The summed E-state index contributed by atoms with van der Waals surface area (Å²) in [6.07, 6.45) is -1.15. The third kappa shape index (κ3) is 5.39. The van der Waals surface area contributed by atoms with E-state index in [0.717, 1.165) is 44.0 Å². The number of ether oxygens (including phenoxy) is 2. The Bertz CT molecular complexity index is 1040. The highest BCUT2D eigenvalue weighted by Crippen LogP contribution is 2.31. The van der Waals surface area contributed by atoms with Gasteiger partial charge in [-0.3, -0.25) is 9.74 Å². The minimum absolute atomic E-state index is 0.114. The number of nitrogens with zero attached hydrogens (tertiary/aromatic N) is 4. The third-order valence-electron chi connectivity index (χ3n) is 6.69. The van der Waals surface area contributed by atoms with Crippen LogP contribution in [0.3, 0.4) is 0 Å². The highest BCUT2D eigenvalue weighted by molar-refractivity contribution is 5.90. The van der Waals surface area contributed by atoms with Gasteiger partial charge in [-0.15, -0.1) is 0 Å². The van der Waals surface area contributed by atoms with Crippen molar-refractivity contribution in [2.75, 3.05) is 80.3 Å². The highest BCUT2D eigenvalue weighted by Gasteiger charge is 2.33. The number of amides is 1. The molecule has 0 unspecified atom stereocenters. The maximum atomic E-state index is 15.1. The summed E-state index contributed by atoms with van der Waals surface area (Å²) >= 11 is 0. The summed E-state index contributed by atoms with van der Waals surface area (Å²) in [5.41, 5.74) is 7.80. The molecule has 3 aliphatic heterocycles. The maximum absolute atomic E-state index is 15.1. The van der Waals surface area contributed by atoms with Crippen molar-refractivity contribution in [2.24, 2.45) is 5.73 Å². The van der Waals surface area contributed by atoms with Crippen molar-refractivity contribution in [3.63, 3.8) is 0 Å². The van der Waals surface area contributed by atoms with Crippen molar-refractivity contribution in [1.29, 1.82) is 0 Å². The van der Waals surface area contributed by atoms with E-state index in [1.807, 2.05) is 5.06 Å². The summed E-state index contributed by atoms with van der Waals surface area (Å²) in [6, 6.07) is 10.7. The second kappa shape index (κ2) is 11.0. The number of hydrogen-bond acceptors (Lipinski definition) is 8. The predicted octanol–water partition coefficient (Wildman–Crippen LogP) is 2.34. The van der Waals surface area contributed by atoms with E-state index in [-0.39, 0.29) is 24.5 Å². The first kappa shape index (κ1) is 24.7. The first-order chi connectivity index (χ1) is 17.5.